The molecule has 0 aromatic carbocycles. The predicted octanol–water partition coefficient (Wildman–Crippen LogP) is 0.342. The van der Waals surface area contributed by atoms with Crippen molar-refractivity contribution in [3.8, 4) is 0 Å². The molecule has 10 heavy (non-hydrogen) atoms. The van der Waals surface area contributed by atoms with E-state index in [1.54, 1.807) is 6.92 Å². The van der Waals surface area contributed by atoms with Crippen LogP contribution in [0.2, 0.25) is 0 Å². The number of esters is 1. The highest BCUT2D eigenvalue weighted by Crippen LogP contribution is 2.04. The van der Waals surface area contributed by atoms with E-state index in [1.807, 2.05) is 0 Å². The normalized spacial score (nSPS) is 15.5. The Morgan fingerprint density at radius 2 is 2.30 bits per heavy atom. The van der Waals surface area contributed by atoms with Gasteiger partial charge in [0, 0.05) is 5.92 Å². The Kier molecular flexibility index (Phi) is 3.72. The molecule has 0 aromatic rings. The lowest BCUT2D eigenvalue weighted by atomic mass is 10.1. The van der Waals surface area contributed by atoms with Crippen LogP contribution < -0.4 is 0 Å². The average molecular weight is 144 g/mol. The minimum Gasteiger partial charge on any atom is -0.467 e. The molecule has 2 atom stereocenters. The lowest BCUT2D eigenvalue weighted by molar-refractivity contribution is -0.152. The lowest BCUT2D eigenvalue weighted by Crippen LogP contribution is -2.27. The van der Waals surface area contributed by atoms with Crippen molar-refractivity contribution in [2.24, 2.45) is 5.92 Å². The Hall–Kier alpha value is -0.830. The third-order valence-corrected chi connectivity index (χ3v) is 1.31. The van der Waals surface area contributed by atoms with Gasteiger partial charge in [0.05, 0.1) is 7.11 Å². The molecule has 3 nitrogen and oxygen atoms in total. The number of carbonyl (C=O) groups is 1. The monoisotopic (exact) mass is 144 g/mol. The highest BCUT2D eigenvalue weighted by Gasteiger charge is 2.19. The minimum atomic E-state index is -1.08. The van der Waals surface area contributed by atoms with E-state index in [1.165, 1.54) is 13.2 Å². The van der Waals surface area contributed by atoms with E-state index in [4.69, 9.17) is 5.11 Å². The standard InChI is InChI=1S/C7H12O3/c1-4-5(2)6(8)7(9)10-3/h4-6,8H,1H2,2-3H3. The van der Waals surface area contributed by atoms with Crippen LogP contribution in [0, 0.1) is 5.92 Å². The Morgan fingerprint density at radius 3 is 2.60 bits per heavy atom. The van der Waals surface area contributed by atoms with Crippen molar-refractivity contribution < 1.29 is 14.6 Å². The summed E-state index contributed by atoms with van der Waals surface area (Å²) < 4.78 is 4.30. The topological polar surface area (TPSA) is 46.5 Å². The summed E-state index contributed by atoms with van der Waals surface area (Å²) in [6.45, 7) is 5.12. The van der Waals surface area contributed by atoms with Crippen LogP contribution in [-0.4, -0.2) is 24.3 Å². The van der Waals surface area contributed by atoms with Gasteiger partial charge in [0.2, 0.25) is 0 Å². The molecular weight excluding hydrogens is 132 g/mol. The third kappa shape index (κ3) is 2.19. The maximum Gasteiger partial charge on any atom is 0.335 e. The van der Waals surface area contributed by atoms with Gasteiger partial charge >= 0.3 is 5.97 Å². The van der Waals surface area contributed by atoms with Gasteiger partial charge in [0.25, 0.3) is 0 Å². The lowest BCUT2D eigenvalue weighted by Gasteiger charge is -2.11. The molecule has 0 aliphatic carbocycles. The summed E-state index contributed by atoms with van der Waals surface area (Å²) in [5, 5.41) is 9.04. The van der Waals surface area contributed by atoms with Crippen molar-refractivity contribution in [3.05, 3.63) is 12.7 Å². The van der Waals surface area contributed by atoms with Crippen molar-refractivity contribution >= 4 is 5.97 Å². The van der Waals surface area contributed by atoms with Crippen LogP contribution in [0.5, 0.6) is 0 Å². The molecule has 58 valence electrons. The molecule has 0 aliphatic heterocycles. The molecule has 0 aromatic heterocycles. The van der Waals surface area contributed by atoms with Gasteiger partial charge in [-0.25, -0.2) is 4.79 Å². The van der Waals surface area contributed by atoms with Crippen LogP contribution in [0.4, 0.5) is 0 Å². The average Bonchev–Trinajstić information content (AvgIpc) is 2.00. The Bertz CT molecular complexity index is 131. The van der Waals surface area contributed by atoms with Gasteiger partial charge in [-0.15, -0.1) is 6.58 Å². The first-order chi connectivity index (χ1) is 4.63. The zero-order valence-corrected chi connectivity index (χ0v) is 6.20. The molecule has 0 aliphatic rings. The van der Waals surface area contributed by atoms with Crippen LogP contribution >= 0.6 is 0 Å². The molecule has 0 amide bonds. The van der Waals surface area contributed by atoms with Gasteiger partial charge in [0.1, 0.15) is 0 Å². The zero-order chi connectivity index (χ0) is 8.15. The van der Waals surface area contributed by atoms with Crippen LogP contribution in [-0.2, 0) is 9.53 Å². The first-order valence-electron chi connectivity index (χ1n) is 3.02. The number of ether oxygens (including phenoxy) is 1. The first-order valence-corrected chi connectivity index (χ1v) is 3.02. The van der Waals surface area contributed by atoms with Crippen LogP contribution in [0.15, 0.2) is 12.7 Å². The van der Waals surface area contributed by atoms with Crippen LogP contribution in [0.1, 0.15) is 6.92 Å². The fourth-order valence-electron chi connectivity index (χ4n) is 0.464. The van der Waals surface area contributed by atoms with E-state index in [9.17, 15) is 4.79 Å². The highest BCUT2D eigenvalue weighted by molar-refractivity contribution is 5.74. The predicted molar refractivity (Wildman–Crippen MR) is 37.4 cm³/mol. The van der Waals surface area contributed by atoms with Gasteiger partial charge in [0.15, 0.2) is 6.10 Å². The Balaban J connectivity index is 3.93. The van der Waals surface area contributed by atoms with E-state index in [2.05, 4.69) is 11.3 Å². The van der Waals surface area contributed by atoms with Crippen LogP contribution in [0.25, 0.3) is 0 Å². The summed E-state index contributed by atoms with van der Waals surface area (Å²) in [7, 11) is 1.24. The van der Waals surface area contributed by atoms with Crippen molar-refractivity contribution in [2.45, 2.75) is 13.0 Å². The van der Waals surface area contributed by atoms with Crippen LogP contribution in [0.3, 0.4) is 0 Å². The first kappa shape index (κ1) is 9.17. The zero-order valence-electron chi connectivity index (χ0n) is 6.20. The summed E-state index contributed by atoms with van der Waals surface area (Å²) in [6.07, 6.45) is 0.421. The molecule has 0 saturated carbocycles. The molecule has 0 heterocycles. The molecule has 1 N–H and O–H groups in total. The minimum absolute atomic E-state index is 0.257. The molecule has 0 radical (unpaired) electrons. The number of aliphatic hydroxyl groups is 1. The summed E-state index contributed by atoms with van der Waals surface area (Å²) >= 11 is 0. The van der Waals surface area contributed by atoms with Gasteiger partial charge in [-0.1, -0.05) is 13.0 Å². The largest absolute Gasteiger partial charge is 0.467 e. The number of aliphatic hydroxyl groups excluding tert-OH is 1. The SMILES string of the molecule is C=CC(C)C(O)C(=O)OC. The van der Waals surface area contributed by atoms with Gasteiger partial charge < -0.3 is 9.84 Å². The number of carbonyl (C=O) groups excluding carboxylic acids is 1. The van der Waals surface area contributed by atoms with E-state index < -0.39 is 12.1 Å². The maximum atomic E-state index is 10.6. The third-order valence-electron chi connectivity index (χ3n) is 1.31. The van der Waals surface area contributed by atoms with Crippen molar-refractivity contribution in [2.75, 3.05) is 7.11 Å². The van der Waals surface area contributed by atoms with Gasteiger partial charge in [-0.3, -0.25) is 0 Å². The van der Waals surface area contributed by atoms with Crippen molar-refractivity contribution in [3.63, 3.8) is 0 Å². The van der Waals surface area contributed by atoms with Gasteiger partial charge in [-0.05, 0) is 0 Å². The summed E-state index contributed by atoms with van der Waals surface area (Å²) in [4.78, 5) is 10.6. The van der Waals surface area contributed by atoms with E-state index >= 15 is 0 Å². The quantitative estimate of drug-likeness (QED) is 0.459. The van der Waals surface area contributed by atoms with Crippen molar-refractivity contribution in [1.82, 2.24) is 0 Å². The number of hydrogen-bond donors (Lipinski definition) is 1. The molecule has 0 fully saturated rings. The number of rotatable bonds is 3. The summed E-state index contributed by atoms with van der Waals surface area (Å²) in [5.41, 5.74) is 0. The summed E-state index contributed by atoms with van der Waals surface area (Å²) in [6, 6.07) is 0. The van der Waals surface area contributed by atoms with Gasteiger partial charge in [-0.2, -0.15) is 0 Å². The smallest absolute Gasteiger partial charge is 0.335 e. The van der Waals surface area contributed by atoms with E-state index in [0.29, 0.717) is 0 Å². The molecule has 0 spiro atoms. The second-order valence-corrected chi connectivity index (χ2v) is 2.06. The fraction of sp³-hybridized carbons (Fsp3) is 0.571. The molecule has 2 unspecified atom stereocenters. The Labute approximate surface area is 60.3 Å². The molecule has 0 rings (SSSR count). The van der Waals surface area contributed by atoms with E-state index in [-0.39, 0.29) is 5.92 Å². The highest BCUT2D eigenvalue weighted by atomic mass is 16.5. The Morgan fingerprint density at radius 1 is 1.80 bits per heavy atom. The number of methoxy groups -OCH3 is 1. The second kappa shape index (κ2) is 4.06. The molecule has 0 saturated heterocycles. The summed E-state index contributed by atoms with van der Waals surface area (Å²) in [5.74, 6) is -0.875. The molecule has 3 heteroatoms. The van der Waals surface area contributed by atoms with E-state index in [0.717, 1.165) is 0 Å². The number of hydrogen-bond acceptors (Lipinski definition) is 3. The molecule has 0 bridgehead atoms. The fourth-order valence-corrected chi connectivity index (χ4v) is 0.464. The maximum absolute atomic E-state index is 10.6. The molecular formula is C7H12O3. The van der Waals surface area contributed by atoms with Crippen molar-refractivity contribution in [1.29, 1.82) is 0 Å². The second-order valence-electron chi connectivity index (χ2n) is 2.06.